The molecule has 0 aromatic rings. The molecule has 0 aliphatic heterocycles. The fraction of sp³-hybridized carbons (Fsp3) is 1.00. The van der Waals surface area contributed by atoms with Gasteiger partial charge in [-0.3, -0.25) is 4.57 Å². The lowest BCUT2D eigenvalue weighted by molar-refractivity contribution is 0.0959. The van der Waals surface area contributed by atoms with Gasteiger partial charge in [-0.25, -0.2) is 0 Å². The molecule has 0 aliphatic rings. The van der Waals surface area contributed by atoms with Crippen molar-refractivity contribution in [3.05, 3.63) is 0 Å². The monoisotopic (exact) mass is 182 g/mol. The Morgan fingerprint density at radius 3 is 1.91 bits per heavy atom. The molecule has 5 heteroatoms. The van der Waals surface area contributed by atoms with E-state index < -0.39 is 12.9 Å². The zero-order valence-corrected chi connectivity index (χ0v) is 8.13. The van der Waals surface area contributed by atoms with E-state index in [0.717, 1.165) is 0 Å². The molecule has 4 nitrogen and oxygen atoms in total. The van der Waals surface area contributed by atoms with Crippen LogP contribution in [0, 0.1) is 0 Å². The van der Waals surface area contributed by atoms with Gasteiger partial charge >= 0.3 is 7.60 Å². The summed E-state index contributed by atoms with van der Waals surface area (Å²) >= 11 is 0. The van der Waals surface area contributed by atoms with Crippen LogP contribution in [0.1, 0.15) is 27.7 Å². The van der Waals surface area contributed by atoms with Gasteiger partial charge in [0.25, 0.3) is 0 Å². The smallest absolute Gasteiger partial charge is 0.359 e. The molecule has 1 unspecified atom stereocenters. The maximum Gasteiger partial charge on any atom is 0.359 e. The third kappa shape index (κ3) is 3.34. The number of rotatable bonds is 3. The Morgan fingerprint density at radius 2 is 1.82 bits per heavy atom. The van der Waals surface area contributed by atoms with Crippen LogP contribution < -0.4 is 0 Å². The second-order valence-corrected chi connectivity index (χ2v) is 5.52. The van der Waals surface area contributed by atoms with Gasteiger partial charge in [-0.1, -0.05) is 0 Å². The maximum absolute atomic E-state index is 11.1. The molecule has 0 fully saturated rings. The van der Waals surface area contributed by atoms with Crippen molar-refractivity contribution in [2.24, 2.45) is 0 Å². The SMILES string of the molecule is CC(C)OP(=O)(O)C(C)(C)O. The Hall–Kier alpha value is 0.110. The first-order valence-electron chi connectivity index (χ1n) is 3.40. The largest absolute Gasteiger partial charge is 0.378 e. The van der Waals surface area contributed by atoms with Crippen LogP contribution in [-0.2, 0) is 9.09 Å². The van der Waals surface area contributed by atoms with E-state index in [1.54, 1.807) is 13.8 Å². The fourth-order valence-corrected chi connectivity index (χ4v) is 1.24. The molecule has 0 rings (SSSR count). The zero-order valence-electron chi connectivity index (χ0n) is 7.24. The summed E-state index contributed by atoms with van der Waals surface area (Å²) in [6.45, 7) is 5.76. The van der Waals surface area contributed by atoms with Crippen LogP contribution in [-0.4, -0.2) is 21.4 Å². The Balaban J connectivity index is 4.36. The highest BCUT2D eigenvalue weighted by Crippen LogP contribution is 2.54. The minimum atomic E-state index is -3.88. The van der Waals surface area contributed by atoms with Gasteiger partial charge in [-0.15, -0.1) is 0 Å². The quantitative estimate of drug-likeness (QED) is 0.646. The van der Waals surface area contributed by atoms with Crippen LogP contribution in [0.3, 0.4) is 0 Å². The summed E-state index contributed by atoms with van der Waals surface area (Å²) in [6, 6.07) is 0. The van der Waals surface area contributed by atoms with Crippen LogP contribution >= 0.6 is 7.60 Å². The number of hydrogen-bond acceptors (Lipinski definition) is 3. The molecule has 0 saturated heterocycles. The Bertz CT molecular complexity index is 170. The molecule has 0 heterocycles. The van der Waals surface area contributed by atoms with Gasteiger partial charge in [0, 0.05) is 0 Å². The lowest BCUT2D eigenvalue weighted by atomic mass is 10.5. The molecule has 68 valence electrons. The molecule has 0 aromatic heterocycles. The Morgan fingerprint density at radius 1 is 1.45 bits per heavy atom. The summed E-state index contributed by atoms with van der Waals surface area (Å²) in [5.74, 6) is 0. The van der Waals surface area contributed by atoms with E-state index >= 15 is 0 Å². The summed E-state index contributed by atoms with van der Waals surface area (Å²) in [6.07, 6.45) is -0.364. The minimum Gasteiger partial charge on any atom is -0.378 e. The maximum atomic E-state index is 11.1. The topological polar surface area (TPSA) is 66.8 Å². The first-order valence-corrected chi connectivity index (χ1v) is 4.98. The van der Waals surface area contributed by atoms with Gasteiger partial charge < -0.3 is 14.5 Å². The predicted molar refractivity (Wildman–Crippen MR) is 42.3 cm³/mol. The normalized spacial score (nSPS) is 18.5. The van der Waals surface area contributed by atoms with Crippen molar-refractivity contribution >= 4 is 7.60 Å². The molecular formula is C6H15O4P. The molecule has 0 radical (unpaired) electrons. The van der Waals surface area contributed by atoms with E-state index in [-0.39, 0.29) is 6.10 Å². The number of hydrogen-bond donors (Lipinski definition) is 2. The van der Waals surface area contributed by atoms with Gasteiger partial charge in [-0.2, -0.15) is 0 Å². The average molecular weight is 182 g/mol. The molecule has 0 amide bonds. The van der Waals surface area contributed by atoms with Crippen molar-refractivity contribution in [1.82, 2.24) is 0 Å². The second-order valence-electron chi connectivity index (χ2n) is 3.17. The Labute approximate surface area is 66.7 Å². The van der Waals surface area contributed by atoms with E-state index in [4.69, 9.17) is 10.00 Å². The average Bonchev–Trinajstić information content (AvgIpc) is 1.56. The van der Waals surface area contributed by atoms with Crippen LogP contribution in [0.5, 0.6) is 0 Å². The zero-order chi connectivity index (χ0) is 9.28. The molecule has 2 N–H and O–H groups in total. The van der Waals surface area contributed by atoms with Crippen molar-refractivity contribution < 1.29 is 19.1 Å². The van der Waals surface area contributed by atoms with Crippen LogP contribution in [0.15, 0.2) is 0 Å². The molecule has 11 heavy (non-hydrogen) atoms. The van der Waals surface area contributed by atoms with E-state index in [1.807, 2.05) is 0 Å². The van der Waals surface area contributed by atoms with Crippen LogP contribution in [0.2, 0.25) is 0 Å². The summed E-state index contributed by atoms with van der Waals surface area (Å²) in [5, 5.41) is 7.47. The summed E-state index contributed by atoms with van der Waals surface area (Å²) < 4.78 is 15.8. The van der Waals surface area contributed by atoms with Crippen molar-refractivity contribution in [3.8, 4) is 0 Å². The van der Waals surface area contributed by atoms with Gasteiger partial charge in [0.05, 0.1) is 6.10 Å². The molecule has 0 aromatic carbocycles. The third-order valence-corrected chi connectivity index (χ3v) is 3.14. The van der Waals surface area contributed by atoms with Crippen molar-refractivity contribution in [2.45, 2.75) is 39.1 Å². The minimum absolute atomic E-state index is 0.364. The van der Waals surface area contributed by atoms with E-state index in [2.05, 4.69) is 4.52 Å². The highest BCUT2D eigenvalue weighted by atomic mass is 31.2. The van der Waals surface area contributed by atoms with Gasteiger partial charge in [0.2, 0.25) is 0 Å². The van der Waals surface area contributed by atoms with Crippen LogP contribution in [0.4, 0.5) is 0 Å². The molecule has 0 saturated carbocycles. The Kier molecular flexibility index (Phi) is 3.27. The highest BCUT2D eigenvalue weighted by molar-refractivity contribution is 7.54. The van der Waals surface area contributed by atoms with Gasteiger partial charge in [-0.05, 0) is 27.7 Å². The van der Waals surface area contributed by atoms with E-state index in [9.17, 15) is 4.57 Å². The molecule has 0 bridgehead atoms. The van der Waals surface area contributed by atoms with Gasteiger partial charge in [0.15, 0.2) is 5.34 Å². The first-order chi connectivity index (χ1) is 4.67. The molecular weight excluding hydrogens is 167 g/mol. The van der Waals surface area contributed by atoms with E-state index in [1.165, 1.54) is 13.8 Å². The molecule has 1 atom stereocenters. The standard InChI is InChI=1S/C6H15O4P/c1-5(2)10-11(8,9)6(3,4)7/h5,7H,1-4H3,(H,8,9). The van der Waals surface area contributed by atoms with Gasteiger partial charge in [0.1, 0.15) is 0 Å². The highest BCUT2D eigenvalue weighted by Gasteiger charge is 2.39. The van der Waals surface area contributed by atoms with E-state index in [0.29, 0.717) is 0 Å². The van der Waals surface area contributed by atoms with Crippen molar-refractivity contribution in [3.63, 3.8) is 0 Å². The summed E-state index contributed by atoms with van der Waals surface area (Å²) in [4.78, 5) is 9.10. The summed E-state index contributed by atoms with van der Waals surface area (Å²) in [5.41, 5.74) is 0. The van der Waals surface area contributed by atoms with Crippen LogP contribution in [0.25, 0.3) is 0 Å². The lowest BCUT2D eigenvalue weighted by Crippen LogP contribution is -2.22. The first kappa shape index (κ1) is 11.1. The second kappa shape index (κ2) is 3.23. The lowest BCUT2D eigenvalue weighted by Gasteiger charge is -2.25. The van der Waals surface area contributed by atoms with Crippen molar-refractivity contribution in [2.75, 3.05) is 0 Å². The predicted octanol–water partition coefficient (Wildman–Crippen LogP) is 1.33. The molecule has 0 aliphatic carbocycles. The summed E-state index contributed by atoms with van der Waals surface area (Å²) in [7, 11) is -3.88. The molecule has 0 spiro atoms. The fourth-order valence-electron chi connectivity index (χ4n) is 0.415. The number of aliphatic hydroxyl groups is 1. The van der Waals surface area contributed by atoms with Crippen molar-refractivity contribution in [1.29, 1.82) is 0 Å². The third-order valence-electron chi connectivity index (χ3n) is 1.05.